The number of hydrogen-bond acceptors (Lipinski definition) is 5. The SMILES string of the molecule is O=C(CN1C(=O)[C@H]2[C@H](C1=O)[C@H]1C=C[C@H]2C1)NCc1ccc2c(c1)OCO2. The van der Waals surface area contributed by atoms with Gasteiger partial charge >= 0.3 is 0 Å². The quantitative estimate of drug-likeness (QED) is 0.640. The third-order valence-electron chi connectivity index (χ3n) is 5.79. The van der Waals surface area contributed by atoms with Gasteiger partial charge in [-0.1, -0.05) is 18.2 Å². The molecule has 1 N–H and O–H groups in total. The van der Waals surface area contributed by atoms with Crippen LogP contribution in [0.5, 0.6) is 11.5 Å². The molecule has 5 rings (SSSR count). The Labute approximate surface area is 149 Å². The van der Waals surface area contributed by atoms with Gasteiger partial charge in [0.1, 0.15) is 6.54 Å². The molecule has 7 nitrogen and oxygen atoms in total. The molecule has 7 heteroatoms. The molecule has 0 spiro atoms. The van der Waals surface area contributed by atoms with Crippen LogP contribution in [0.2, 0.25) is 0 Å². The number of likely N-dealkylation sites (tertiary alicyclic amines) is 1. The zero-order valence-corrected chi connectivity index (χ0v) is 14.0. The van der Waals surface area contributed by atoms with Crippen molar-refractivity contribution in [2.75, 3.05) is 13.3 Å². The van der Waals surface area contributed by atoms with Gasteiger partial charge in [0.15, 0.2) is 11.5 Å². The molecular weight excluding hydrogens is 336 g/mol. The van der Waals surface area contributed by atoms with E-state index in [1.165, 1.54) is 0 Å². The summed E-state index contributed by atoms with van der Waals surface area (Å²) in [6.45, 7) is 0.281. The van der Waals surface area contributed by atoms with E-state index in [9.17, 15) is 14.4 Å². The van der Waals surface area contributed by atoms with E-state index in [0.29, 0.717) is 18.0 Å². The van der Waals surface area contributed by atoms with Crippen LogP contribution in [0.25, 0.3) is 0 Å². The molecule has 2 aliphatic heterocycles. The lowest BCUT2D eigenvalue weighted by Crippen LogP contribution is -2.41. The average Bonchev–Trinajstić information content (AvgIpc) is 3.40. The molecule has 1 saturated heterocycles. The summed E-state index contributed by atoms with van der Waals surface area (Å²) in [6, 6.07) is 5.44. The minimum atomic E-state index is -0.343. The van der Waals surface area contributed by atoms with E-state index >= 15 is 0 Å². The third kappa shape index (κ3) is 2.23. The lowest BCUT2D eigenvalue weighted by molar-refractivity contribution is -0.144. The average molecular weight is 354 g/mol. The van der Waals surface area contributed by atoms with Crippen LogP contribution < -0.4 is 14.8 Å². The van der Waals surface area contributed by atoms with Crippen LogP contribution in [-0.4, -0.2) is 36.0 Å². The zero-order valence-electron chi connectivity index (χ0n) is 14.0. The van der Waals surface area contributed by atoms with E-state index < -0.39 is 0 Å². The van der Waals surface area contributed by atoms with Gasteiger partial charge in [-0.2, -0.15) is 0 Å². The second-order valence-electron chi connectivity index (χ2n) is 7.23. The van der Waals surface area contributed by atoms with E-state index in [1.807, 2.05) is 24.3 Å². The van der Waals surface area contributed by atoms with Crippen molar-refractivity contribution in [3.63, 3.8) is 0 Å². The first kappa shape index (κ1) is 15.4. The van der Waals surface area contributed by atoms with Gasteiger partial charge in [0.2, 0.25) is 24.5 Å². The Balaban J connectivity index is 1.21. The fraction of sp³-hybridized carbons (Fsp3) is 0.421. The molecule has 4 atom stereocenters. The Kier molecular flexibility index (Phi) is 3.32. The maximum absolute atomic E-state index is 12.6. The minimum Gasteiger partial charge on any atom is -0.454 e. The number of carbonyl (C=O) groups is 3. The Morgan fingerprint density at radius 1 is 1.08 bits per heavy atom. The van der Waals surface area contributed by atoms with Gasteiger partial charge in [0, 0.05) is 6.54 Å². The first-order valence-electron chi connectivity index (χ1n) is 8.80. The molecule has 26 heavy (non-hydrogen) atoms. The van der Waals surface area contributed by atoms with Gasteiger partial charge in [-0.3, -0.25) is 19.3 Å². The number of fused-ring (bicyclic) bond motifs is 6. The number of nitrogens with zero attached hydrogens (tertiary/aromatic N) is 1. The number of hydrogen-bond donors (Lipinski definition) is 1. The summed E-state index contributed by atoms with van der Waals surface area (Å²) in [7, 11) is 0. The number of ether oxygens (including phenoxy) is 2. The Hall–Kier alpha value is -2.83. The number of benzene rings is 1. The van der Waals surface area contributed by atoms with Crippen molar-refractivity contribution >= 4 is 17.7 Å². The summed E-state index contributed by atoms with van der Waals surface area (Å²) in [5, 5.41) is 2.76. The topological polar surface area (TPSA) is 84.9 Å². The first-order valence-corrected chi connectivity index (χ1v) is 8.80. The molecule has 2 heterocycles. The molecule has 1 saturated carbocycles. The molecule has 1 aromatic rings. The maximum atomic E-state index is 12.6. The molecule has 3 amide bonds. The maximum Gasteiger partial charge on any atom is 0.240 e. The molecule has 0 radical (unpaired) electrons. The van der Waals surface area contributed by atoms with E-state index in [4.69, 9.17) is 9.47 Å². The van der Waals surface area contributed by atoms with Crippen molar-refractivity contribution < 1.29 is 23.9 Å². The Morgan fingerprint density at radius 2 is 1.77 bits per heavy atom. The second kappa shape index (κ2) is 5.59. The van der Waals surface area contributed by atoms with E-state index in [-0.39, 0.29) is 54.7 Å². The van der Waals surface area contributed by atoms with Crippen molar-refractivity contribution in [2.24, 2.45) is 23.7 Å². The van der Waals surface area contributed by atoms with Crippen molar-refractivity contribution in [1.82, 2.24) is 10.2 Å². The highest BCUT2D eigenvalue weighted by Crippen LogP contribution is 2.52. The van der Waals surface area contributed by atoms with Crippen molar-refractivity contribution in [3.8, 4) is 11.5 Å². The molecular formula is C19H18N2O5. The van der Waals surface area contributed by atoms with Crippen LogP contribution in [0.4, 0.5) is 0 Å². The summed E-state index contributed by atoms with van der Waals surface area (Å²) >= 11 is 0. The predicted molar refractivity (Wildman–Crippen MR) is 88.8 cm³/mol. The van der Waals surface area contributed by atoms with Gasteiger partial charge in [0.05, 0.1) is 11.8 Å². The van der Waals surface area contributed by atoms with Crippen LogP contribution in [0, 0.1) is 23.7 Å². The number of rotatable bonds is 4. The highest BCUT2D eigenvalue weighted by atomic mass is 16.7. The van der Waals surface area contributed by atoms with E-state index in [1.54, 1.807) is 6.07 Å². The molecule has 0 unspecified atom stereocenters. The summed E-state index contributed by atoms with van der Waals surface area (Å²) < 4.78 is 10.6. The summed E-state index contributed by atoms with van der Waals surface area (Å²) in [5.74, 6) is 0.375. The van der Waals surface area contributed by atoms with Crippen molar-refractivity contribution in [2.45, 2.75) is 13.0 Å². The number of allylic oxidation sites excluding steroid dienone is 2. The van der Waals surface area contributed by atoms with Crippen molar-refractivity contribution in [3.05, 3.63) is 35.9 Å². The number of nitrogens with one attached hydrogen (secondary N) is 1. The minimum absolute atomic E-state index is 0.156. The van der Waals surface area contributed by atoms with E-state index in [2.05, 4.69) is 5.32 Å². The van der Waals surface area contributed by atoms with Crippen LogP contribution in [0.1, 0.15) is 12.0 Å². The lowest BCUT2D eigenvalue weighted by Gasteiger charge is -2.16. The zero-order chi connectivity index (χ0) is 17.8. The monoisotopic (exact) mass is 354 g/mol. The molecule has 0 aromatic heterocycles. The normalized spacial score (nSPS) is 30.2. The highest BCUT2D eigenvalue weighted by Gasteiger charge is 2.59. The van der Waals surface area contributed by atoms with Crippen LogP contribution in [0.15, 0.2) is 30.4 Å². The summed E-state index contributed by atoms with van der Waals surface area (Å²) in [6.07, 6.45) is 4.97. The van der Waals surface area contributed by atoms with E-state index in [0.717, 1.165) is 16.9 Å². The van der Waals surface area contributed by atoms with Crippen LogP contribution >= 0.6 is 0 Å². The van der Waals surface area contributed by atoms with Gasteiger partial charge in [-0.05, 0) is 36.0 Å². The first-order chi connectivity index (χ1) is 12.6. The number of amides is 3. The third-order valence-corrected chi connectivity index (χ3v) is 5.79. The Bertz CT molecular complexity index is 818. The molecule has 2 fully saturated rings. The second-order valence-corrected chi connectivity index (χ2v) is 7.23. The largest absolute Gasteiger partial charge is 0.454 e. The van der Waals surface area contributed by atoms with Gasteiger partial charge in [-0.25, -0.2) is 0 Å². The fourth-order valence-corrected chi connectivity index (χ4v) is 4.57. The van der Waals surface area contributed by atoms with Gasteiger partial charge < -0.3 is 14.8 Å². The molecule has 134 valence electrons. The van der Waals surface area contributed by atoms with Crippen LogP contribution in [-0.2, 0) is 20.9 Å². The molecule has 2 bridgehead atoms. The smallest absolute Gasteiger partial charge is 0.240 e. The lowest BCUT2D eigenvalue weighted by atomic mass is 9.85. The van der Waals surface area contributed by atoms with Gasteiger partial charge in [0.25, 0.3) is 0 Å². The fourth-order valence-electron chi connectivity index (χ4n) is 4.57. The summed E-state index contributed by atoms with van der Waals surface area (Å²) in [5.41, 5.74) is 0.862. The molecule has 2 aliphatic carbocycles. The molecule has 4 aliphatic rings. The molecule has 1 aromatic carbocycles. The number of imide groups is 1. The highest BCUT2D eigenvalue weighted by molar-refractivity contribution is 6.08. The predicted octanol–water partition coefficient (Wildman–Crippen LogP) is 0.839. The van der Waals surface area contributed by atoms with Crippen molar-refractivity contribution in [1.29, 1.82) is 0 Å². The number of carbonyl (C=O) groups excluding carboxylic acids is 3. The Morgan fingerprint density at radius 3 is 2.50 bits per heavy atom. The van der Waals surface area contributed by atoms with Crippen LogP contribution in [0.3, 0.4) is 0 Å². The van der Waals surface area contributed by atoms with Gasteiger partial charge in [-0.15, -0.1) is 0 Å². The summed E-state index contributed by atoms with van der Waals surface area (Å²) in [4.78, 5) is 38.6. The standard InChI is InChI=1S/C19H18N2O5/c22-15(20-7-10-1-4-13-14(5-10)26-9-25-13)8-21-18(23)16-11-2-3-12(6-11)17(16)19(21)24/h1-5,11-12,16-17H,6-9H2,(H,20,22)/t11-,12-,16+,17+/m0/s1.